The molecule has 1 aromatic carbocycles. The minimum atomic E-state index is -0.966. The van der Waals surface area contributed by atoms with Crippen LogP contribution in [0, 0.1) is 0 Å². The zero-order chi connectivity index (χ0) is 20.7. The molecule has 2 heterocycles. The number of aliphatic imine (C=N–C) groups is 1. The summed E-state index contributed by atoms with van der Waals surface area (Å²) in [7, 11) is 1.65. The van der Waals surface area contributed by atoms with Crippen LogP contribution in [0.1, 0.15) is 25.1 Å². The van der Waals surface area contributed by atoms with Crippen molar-refractivity contribution < 1.29 is 9.84 Å². The van der Waals surface area contributed by atoms with Gasteiger partial charge in [0.25, 0.3) is 0 Å². The predicted octanol–water partition coefficient (Wildman–Crippen LogP) is 2.91. The molecule has 0 saturated carbocycles. The molecule has 1 unspecified atom stereocenters. The first kappa shape index (κ1) is 20.9. The van der Waals surface area contributed by atoms with Gasteiger partial charge in [0.15, 0.2) is 5.96 Å². The van der Waals surface area contributed by atoms with E-state index in [1.807, 2.05) is 65.0 Å². The van der Waals surface area contributed by atoms with Crippen molar-refractivity contribution >= 4 is 17.3 Å². The Labute approximate surface area is 175 Å². The van der Waals surface area contributed by atoms with Crippen molar-refractivity contribution in [1.82, 2.24) is 20.4 Å². The van der Waals surface area contributed by atoms with Gasteiger partial charge >= 0.3 is 0 Å². The van der Waals surface area contributed by atoms with E-state index in [1.165, 1.54) is 0 Å². The van der Waals surface area contributed by atoms with Gasteiger partial charge in [-0.05, 0) is 66.6 Å². The molecule has 3 aromatic rings. The van der Waals surface area contributed by atoms with Crippen molar-refractivity contribution in [2.24, 2.45) is 4.99 Å². The summed E-state index contributed by atoms with van der Waals surface area (Å²) in [5, 5.41) is 25.6. The average molecular weight is 414 g/mol. The maximum atomic E-state index is 10.7. The fourth-order valence-corrected chi connectivity index (χ4v) is 3.54. The third-order valence-corrected chi connectivity index (χ3v) is 5.15. The number of benzene rings is 1. The Balaban J connectivity index is 1.63. The smallest absolute Gasteiger partial charge is 0.191 e. The van der Waals surface area contributed by atoms with Crippen LogP contribution in [0.2, 0.25) is 0 Å². The maximum absolute atomic E-state index is 10.7. The first-order valence-electron chi connectivity index (χ1n) is 9.48. The van der Waals surface area contributed by atoms with Crippen molar-refractivity contribution in [2.75, 3.05) is 20.2 Å². The number of thiophene rings is 1. The van der Waals surface area contributed by atoms with Crippen LogP contribution in [0.3, 0.4) is 0 Å². The lowest BCUT2D eigenvalue weighted by Crippen LogP contribution is -2.44. The number of nitrogens with zero attached hydrogens (tertiary/aromatic N) is 3. The molecular formula is C21H27N5O2S. The number of aliphatic hydroxyl groups is 1. The standard InChI is InChI=1S/C21H27N5O2S/c1-4-22-20(24-15-21(2,27)16-10-12-29-14-16)23-13-17-9-11-26(25-17)18-5-7-19(28-3)8-6-18/h5-12,14,27H,4,13,15H2,1-3H3,(H2,22,23,24). The van der Waals surface area contributed by atoms with E-state index in [0.717, 1.165) is 29.2 Å². The van der Waals surface area contributed by atoms with Gasteiger partial charge < -0.3 is 20.5 Å². The number of nitrogens with one attached hydrogen (secondary N) is 2. The van der Waals surface area contributed by atoms with Crippen molar-refractivity contribution in [1.29, 1.82) is 0 Å². The van der Waals surface area contributed by atoms with Gasteiger partial charge in [0.05, 0.1) is 31.6 Å². The van der Waals surface area contributed by atoms with Crippen LogP contribution in [0.25, 0.3) is 5.69 Å². The highest BCUT2D eigenvalue weighted by atomic mass is 32.1. The molecule has 2 aromatic heterocycles. The topological polar surface area (TPSA) is 83.7 Å². The van der Waals surface area contributed by atoms with Crippen molar-refractivity contribution in [3.63, 3.8) is 0 Å². The molecule has 29 heavy (non-hydrogen) atoms. The fourth-order valence-electron chi connectivity index (χ4n) is 2.76. The second kappa shape index (κ2) is 9.58. The number of rotatable bonds is 8. The Morgan fingerprint density at radius 2 is 2.03 bits per heavy atom. The molecule has 1 atom stereocenters. The molecular weight excluding hydrogens is 386 g/mol. The van der Waals surface area contributed by atoms with Gasteiger partial charge in [0.1, 0.15) is 11.4 Å². The van der Waals surface area contributed by atoms with E-state index in [2.05, 4.69) is 20.7 Å². The van der Waals surface area contributed by atoms with E-state index >= 15 is 0 Å². The lowest BCUT2D eigenvalue weighted by Gasteiger charge is -2.24. The Morgan fingerprint density at radius 1 is 1.24 bits per heavy atom. The van der Waals surface area contributed by atoms with Crippen LogP contribution < -0.4 is 15.4 Å². The van der Waals surface area contributed by atoms with E-state index in [-0.39, 0.29) is 0 Å². The summed E-state index contributed by atoms with van der Waals surface area (Å²) in [4.78, 5) is 4.59. The van der Waals surface area contributed by atoms with Gasteiger partial charge in [0, 0.05) is 12.7 Å². The zero-order valence-electron chi connectivity index (χ0n) is 16.9. The lowest BCUT2D eigenvalue weighted by atomic mass is 9.99. The van der Waals surface area contributed by atoms with Gasteiger partial charge in [0.2, 0.25) is 0 Å². The first-order valence-corrected chi connectivity index (χ1v) is 10.4. The lowest BCUT2D eigenvalue weighted by molar-refractivity contribution is 0.0621. The normalized spacial score (nSPS) is 13.7. The van der Waals surface area contributed by atoms with Gasteiger partial charge in [-0.2, -0.15) is 16.4 Å². The first-order chi connectivity index (χ1) is 14.0. The summed E-state index contributed by atoms with van der Waals surface area (Å²) in [6.45, 7) is 5.32. The van der Waals surface area contributed by atoms with Crippen LogP contribution >= 0.6 is 11.3 Å². The summed E-state index contributed by atoms with van der Waals surface area (Å²) in [5.74, 6) is 1.45. The predicted molar refractivity (Wildman–Crippen MR) is 117 cm³/mol. The molecule has 7 nitrogen and oxygen atoms in total. The zero-order valence-corrected chi connectivity index (χ0v) is 17.7. The highest BCUT2D eigenvalue weighted by Gasteiger charge is 2.23. The second-order valence-electron chi connectivity index (χ2n) is 6.78. The van der Waals surface area contributed by atoms with Gasteiger partial charge in [-0.25, -0.2) is 9.67 Å². The van der Waals surface area contributed by atoms with Gasteiger partial charge in [-0.1, -0.05) is 0 Å². The maximum Gasteiger partial charge on any atom is 0.191 e. The number of hydrogen-bond acceptors (Lipinski definition) is 5. The van der Waals surface area contributed by atoms with E-state index in [9.17, 15) is 5.11 Å². The minimum absolute atomic E-state index is 0.357. The Morgan fingerprint density at radius 3 is 2.69 bits per heavy atom. The largest absolute Gasteiger partial charge is 0.497 e. The summed E-state index contributed by atoms with van der Waals surface area (Å²) in [5.41, 5.74) is 1.73. The summed E-state index contributed by atoms with van der Waals surface area (Å²) < 4.78 is 7.00. The third-order valence-electron chi connectivity index (χ3n) is 4.47. The van der Waals surface area contributed by atoms with Crippen molar-refractivity contribution in [3.8, 4) is 11.4 Å². The highest BCUT2D eigenvalue weighted by molar-refractivity contribution is 7.08. The molecule has 0 aliphatic heterocycles. The molecule has 8 heteroatoms. The van der Waals surface area contributed by atoms with Gasteiger partial charge in [-0.15, -0.1) is 0 Å². The van der Waals surface area contributed by atoms with E-state index in [0.29, 0.717) is 19.0 Å². The number of hydrogen-bond donors (Lipinski definition) is 3. The average Bonchev–Trinajstić information content (AvgIpc) is 3.43. The third kappa shape index (κ3) is 5.58. The van der Waals surface area contributed by atoms with Gasteiger partial charge in [-0.3, -0.25) is 0 Å². The molecule has 0 amide bonds. The number of guanidine groups is 1. The molecule has 0 aliphatic rings. The fraction of sp³-hybridized carbons (Fsp3) is 0.333. The quantitative estimate of drug-likeness (QED) is 0.391. The molecule has 0 radical (unpaired) electrons. The van der Waals surface area contributed by atoms with Crippen molar-refractivity contribution in [2.45, 2.75) is 26.0 Å². The molecule has 0 fully saturated rings. The Kier molecular flexibility index (Phi) is 6.90. The second-order valence-corrected chi connectivity index (χ2v) is 7.56. The van der Waals surface area contributed by atoms with Crippen LogP contribution in [0.5, 0.6) is 5.75 Å². The van der Waals surface area contributed by atoms with E-state index in [4.69, 9.17) is 4.74 Å². The summed E-state index contributed by atoms with van der Waals surface area (Å²) >= 11 is 1.57. The molecule has 0 aliphatic carbocycles. The van der Waals surface area contributed by atoms with Crippen LogP contribution in [0.15, 0.2) is 58.3 Å². The van der Waals surface area contributed by atoms with Crippen molar-refractivity contribution in [3.05, 3.63) is 64.6 Å². The number of methoxy groups -OCH3 is 1. The monoisotopic (exact) mass is 413 g/mol. The molecule has 0 bridgehead atoms. The summed E-state index contributed by atoms with van der Waals surface area (Å²) in [6, 6.07) is 11.6. The van der Waals surface area contributed by atoms with E-state index < -0.39 is 5.60 Å². The SMILES string of the molecule is CCNC(=NCc1ccn(-c2ccc(OC)cc2)n1)NCC(C)(O)c1ccsc1. The number of ether oxygens (including phenoxy) is 1. The van der Waals surface area contributed by atoms with Crippen LogP contribution in [-0.4, -0.2) is 41.0 Å². The molecule has 3 N–H and O–H groups in total. The minimum Gasteiger partial charge on any atom is -0.497 e. The molecule has 154 valence electrons. The number of aromatic nitrogens is 2. The van der Waals surface area contributed by atoms with Crippen LogP contribution in [-0.2, 0) is 12.1 Å². The molecule has 0 spiro atoms. The van der Waals surface area contributed by atoms with Crippen LogP contribution in [0.4, 0.5) is 0 Å². The Bertz CT molecular complexity index is 917. The molecule has 3 rings (SSSR count). The highest BCUT2D eigenvalue weighted by Crippen LogP contribution is 2.22. The van der Waals surface area contributed by atoms with E-state index in [1.54, 1.807) is 25.4 Å². The molecule has 0 saturated heterocycles. The summed E-state index contributed by atoms with van der Waals surface area (Å²) in [6.07, 6.45) is 1.91. The Hall–Kier alpha value is -2.84.